The van der Waals surface area contributed by atoms with Gasteiger partial charge in [0.1, 0.15) is 6.04 Å². The molecule has 25 heavy (non-hydrogen) atoms. The third-order valence-corrected chi connectivity index (χ3v) is 4.84. The predicted octanol–water partition coefficient (Wildman–Crippen LogP) is 3.44. The molecule has 4 heteroatoms. The fourth-order valence-electron chi connectivity index (χ4n) is 3.78. The molecule has 0 saturated heterocycles. The first-order chi connectivity index (χ1) is 12.0. The molecule has 0 aliphatic carbocycles. The Hall–Kier alpha value is -2.25. The van der Waals surface area contributed by atoms with Gasteiger partial charge in [-0.15, -0.1) is 5.92 Å². The van der Waals surface area contributed by atoms with Crippen LogP contribution in [-0.2, 0) is 22.5 Å². The molecule has 1 aliphatic heterocycles. The number of aromatic nitrogens is 1. The number of esters is 1. The fourth-order valence-corrected chi connectivity index (χ4v) is 3.78. The average Bonchev–Trinajstić information content (AvgIpc) is 2.87. The number of nitrogens with one attached hydrogen (secondary N) is 1. The Kier molecular flexibility index (Phi) is 5.15. The molecular formula is C21H26N2O2. The fraction of sp³-hybridized carbons (Fsp3) is 0.476. The zero-order valence-corrected chi connectivity index (χ0v) is 15.4. The molecule has 1 aliphatic rings. The van der Waals surface area contributed by atoms with E-state index in [0.29, 0.717) is 18.9 Å². The van der Waals surface area contributed by atoms with Crippen LogP contribution in [0, 0.1) is 17.8 Å². The van der Waals surface area contributed by atoms with Gasteiger partial charge in [-0.2, -0.15) is 0 Å². The van der Waals surface area contributed by atoms with E-state index >= 15 is 0 Å². The number of rotatable bonds is 4. The third-order valence-electron chi connectivity index (χ3n) is 4.84. The monoisotopic (exact) mass is 338 g/mol. The quantitative estimate of drug-likeness (QED) is 0.686. The van der Waals surface area contributed by atoms with Crippen LogP contribution in [0.3, 0.4) is 0 Å². The number of nitrogens with zero attached hydrogens (tertiary/aromatic N) is 1. The summed E-state index contributed by atoms with van der Waals surface area (Å²) in [7, 11) is 1.46. The number of carbonyl (C=O) groups excluding carboxylic acids is 1. The summed E-state index contributed by atoms with van der Waals surface area (Å²) in [6.07, 6.45) is 3.77. The van der Waals surface area contributed by atoms with Crippen molar-refractivity contribution in [2.45, 2.75) is 52.2 Å². The molecule has 0 spiro atoms. The largest absolute Gasteiger partial charge is 0.468 e. The van der Waals surface area contributed by atoms with Crippen LogP contribution < -0.4 is 5.32 Å². The Morgan fingerprint density at radius 3 is 2.92 bits per heavy atom. The Balaban J connectivity index is 2.15. The maximum atomic E-state index is 12.3. The molecule has 0 saturated carbocycles. The van der Waals surface area contributed by atoms with Crippen LogP contribution in [0.25, 0.3) is 10.9 Å². The predicted molar refractivity (Wildman–Crippen MR) is 100 cm³/mol. The van der Waals surface area contributed by atoms with Crippen LogP contribution in [-0.4, -0.2) is 23.7 Å². The van der Waals surface area contributed by atoms with Gasteiger partial charge in [-0.25, -0.2) is 0 Å². The van der Waals surface area contributed by atoms with Crippen LogP contribution in [0.5, 0.6) is 0 Å². The molecule has 0 bridgehead atoms. The lowest BCUT2D eigenvalue weighted by Crippen LogP contribution is -2.40. The van der Waals surface area contributed by atoms with Crippen molar-refractivity contribution < 1.29 is 9.53 Å². The van der Waals surface area contributed by atoms with Crippen molar-refractivity contribution in [1.29, 1.82) is 0 Å². The summed E-state index contributed by atoms with van der Waals surface area (Å²) in [6, 6.07) is 6.25. The van der Waals surface area contributed by atoms with Crippen LogP contribution in [0.4, 0.5) is 0 Å². The molecule has 1 aromatic heterocycles. The molecule has 0 fully saturated rings. The summed E-state index contributed by atoms with van der Waals surface area (Å²) in [5.41, 5.74) is 3.66. The zero-order valence-electron chi connectivity index (χ0n) is 15.4. The summed E-state index contributed by atoms with van der Waals surface area (Å²) in [6.45, 7) is 6.95. The SMILES string of the molecule is CC#CCn1cc2c3c(cccc31)C(CC(C)C)NC(C(=O)OC)C2. The zero-order chi connectivity index (χ0) is 18.0. The van der Waals surface area contributed by atoms with Crippen LogP contribution in [0.15, 0.2) is 24.4 Å². The highest BCUT2D eigenvalue weighted by atomic mass is 16.5. The van der Waals surface area contributed by atoms with E-state index in [2.05, 4.69) is 60.0 Å². The molecule has 3 rings (SSSR count). The summed E-state index contributed by atoms with van der Waals surface area (Å²) in [4.78, 5) is 12.3. The molecule has 2 heterocycles. The number of ether oxygens (including phenoxy) is 1. The summed E-state index contributed by atoms with van der Waals surface area (Å²) in [5, 5.41) is 4.81. The van der Waals surface area contributed by atoms with Gasteiger partial charge in [-0.05, 0) is 36.5 Å². The summed E-state index contributed by atoms with van der Waals surface area (Å²) >= 11 is 0. The third kappa shape index (κ3) is 3.43. The molecule has 4 nitrogen and oxygen atoms in total. The Morgan fingerprint density at radius 2 is 2.24 bits per heavy atom. The average molecular weight is 338 g/mol. The van der Waals surface area contributed by atoms with Gasteiger partial charge in [0.2, 0.25) is 0 Å². The first kappa shape index (κ1) is 17.6. The molecule has 0 amide bonds. The van der Waals surface area contributed by atoms with E-state index < -0.39 is 0 Å². The van der Waals surface area contributed by atoms with Crippen molar-refractivity contribution in [2.75, 3.05) is 7.11 Å². The molecule has 0 radical (unpaired) electrons. The second-order valence-electron chi connectivity index (χ2n) is 7.08. The Morgan fingerprint density at radius 1 is 1.44 bits per heavy atom. The van der Waals surface area contributed by atoms with Crippen molar-refractivity contribution in [3.8, 4) is 11.8 Å². The van der Waals surface area contributed by atoms with E-state index in [-0.39, 0.29) is 18.1 Å². The standard InChI is InChI=1S/C21H26N2O2/c1-5-6-10-23-13-15-12-18(21(24)25-4)22-17(11-14(2)3)16-8-7-9-19(23)20(15)16/h7-9,13-14,17-18,22H,10-12H2,1-4H3. The molecule has 132 valence electrons. The smallest absolute Gasteiger partial charge is 0.323 e. The molecule has 1 aromatic carbocycles. The summed E-state index contributed by atoms with van der Waals surface area (Å²) < 4.78 is 7.23. The van der Waals surface area contributed by atoms with E-state index in [1.54, 1.807) is 0 Å². The lowest BCUT2D eigenvalue weighted by Gasteiger charge is -2.24. The number of hydrogen-bond acceptors (Lipinski definition) is 3. The normalized spacial score (nSPS) is 19.4. The van der Waals surface area contributed by atoms with Crippen molar-refractivity contribution in [2.24, 2.45) is 5.92 Å². The van der Waals surface area contributed by atoms with Crippen LogP contribution >= 0.6 is 0 Å². The lowest BCUT2D eigenvalue weighted by atomic mass is 9.94. The lowest BCUT2D eigenvalue weighted by molar-refractivity contribution is -0.143. The molecule has 2 unspecified atom stereocenters. The first-order valence-corrected chi connectivity index (χ1v) is 8.89. The highest BCUT2D eigenvalue weighted by molar-refractivity contribution is 5.89. The van der Waals surface area contributed by atoms with Crippen molar-refractivity contribution in [3.63, 3.8) is 0 Å². The second-order valence-corrected chi connectivity index (χ2v) is 7.08. The van der Waals surface area contributed by atoms with E-state index in [4.69, 9.17) is 4.74 Å². The maximum Gasteiger partial charge on any atom is 0.323 e. The van der Waals surface area contributed by atoms with Crippen molar-refractivity contribution >= 4 is 16.9 Å². The van der Waals surface area contributed by atoms with Gasteiger partial charge in [0.05, 0.1) is 13.7 Å². The van der Waals surface area contributed by atoms with Gasteiger partial charge in [0.15, 0.2) is 0 Å². The Bertz CT molecular complexity index is 839. The van der Waals surface area contributed by atoms with Crippen molar-refractivity contribution in [1.82, 2.24) is 9.88 Å². The topological polar surface area (TPSA) is 43.3 Å². The minimum atomic E-state index is -0.322. The molecule has 2 atom stereocenters. The van der Waals surface area contributed by atoms with Crippen molar-refractivity contribution in [3.05, 3.63) is 35.5 Å². The minimum absolute atomic E-state index is 0.141. The van der Waals surface area contributed by atoms with E-state index in [0.717, 1.165) is 6.42 Å². The van der Waals surface area contributed by atoms with Gasteiger partial charge in [0, 0.05) is 29.6 Å². The van der Waals surface area contributed by atoms with E-state index in [9.17, 15) is 4.79 Å². The first-order valence-electron chi connectivity index (χ1n) is 8.89. The van der Waals surface area contributed by atoms with Gasteiger partial charge in [0.25, 0.3) is 0 Å². The highest BCUT2D eigenvalue weighted by Crippen LogP contribution is 2.35. The van der Waals surface area contributed by atoms with Gasteiger partial charge in [-0.1, -0.05) is 31.9 Å². The van der Waals surface area contributed by atoms with E-state index in [1.807, 2.05) is 6.92 Å². The highest BCUT2D eigenvalue weighted by Gasteiger charge is 2.31. The van der Waals surface area contributed by atoms with Crippen LogP contribution in [0.2, 0.25) is 0 Å². The number of hydrogen-bond donors (Lipinski definition) is 1. The Labute approximate surface area is 149 Å². The van der Waals surface area contributed by atoms with Gasteiger partial charge >= 0.3 is 5.97 Å². The van der Waals surface area contributed by atoms with Gasteiger partial charge in [-0.3, -0.25) is 10.1 Å². The minimum Gasteiger partial charge on any atom is -0.468 e. The van der Waals surface area contributed by atoms with Crippen LogP contribution in [0.1, 0.15) is 44.4 Å². The summed E-state index contributed by atoms with van der Waals surface area (Å²) in [5.74, 6) is 6.44. The number of benzene rings is 1. The van der Waals surface area contributed by atoms with Gasteiger partial charge < -0.3 is 9.30 Å². The second kappa shape index (κ2) is 7.33. The molecule has 2 aromatic rings. The van der Waals surface area contributed by atoms with E-state index in [1.165, 1.54) is 29.1 Å². The number of methoxy groups -OCH3 is 1. The molecule has 1 N–H and O–H groups in total. The number of carbonyl (C=O) groups is 1. The molecular weight excluding hydrogens is 312 g/mol. The maximum absolute atomic E-state index is 12.3.